The fourth-order valence-corrected chi connectivity index (χ4v) is 2.65. The molecule has 6 unspecified atom stereocenters. The highest BCUT2D eigenvalue weighted by Gasteiger charge is 2.33. The Labute approximate surface area is 195 Å². The molecule has 16 nitrogen and oxygen atoms in total. The van der Waals surface area contributed by atoms with Gasteiger partial charge in [0.2, 0.25) is 23.6 Å². The van der Waals surface area contributed by atoms with E-state index in [1.807, 2.05) is 0 Å². The SMILES string of the molecule is CC(O)C(NC(=O)C(CCCN=C(N)N)NC(=O)C(NC(=O)C(N)CC(N)=O)C(C)O)C(=O)O. The van der Waals surface area contributed by atoms with Crippen LogP contribution >= 0.6 is 0 Å². The largest absolute Gasteiger partial charge is 0.480 e. The molecule has 0 saturated heterocycles. The second-order valence-corrected chi connectivity index (χ2v) is 7.58. The van der Waals surface area contributed by atoms with Crippen LogP contribution in [0.25, 0.3) is 0 Å². The third-order valence-electron chi connectivity index (χ3n) is 4.44. The van der Waals surface area contributed by atoms with Gasteiger partial charge in [-0.15, -0.1) is 0 Å². The molecule has 0 heterocycles. The van der Waals surface area contributed by atoms with Crippen LogP contribution in [0.2, 0.25) is 0 Å². The summed E-state index contributed by atoms with van der Waals surface area (Å²) in [5.41, 5.74) is 21.0. The van der Waals surface area contributed by atoms with Gasteiger partial charge in [0.25, 0.3) is 0 Å². The number of aliphatic imine (C=N–C) groups is 1. The summed E-state index contributed by atoms with van der Waals surface area (Å²) in [5.74, 6) is -5.47. The van der Waals surface area contributed by atoms with E-state index in [2.05, 4.69) is 20.9 Å². The van der Waals surface area contributed by atoms with E-state index in [1.165, 1.54) is 6.92 Å². The molecule has 0 radical (unpaired) electrons. The fourth-order valence-electron chi connectivity index (χ4n) is 2.65. The summed E-state index contributed by atoms with van der Waals surface area (Å²) in [5, 5.41) is 35.3. The predicted molar refractivity (Wildman–Crippen MR) is 118 cm³/mol. The van der Waals surface area contributed by atoms with Crippen LogP contribution in [0.5, 0.6) is 0 Å². The molecule has 6 atom stereocenters. The van der Waals surface area contributed by atoms with Crippen LogP contribution in [0.1, 0.15) is 33.1 Å². The first-order chi connectivity index (χ1) is 15.7. The van der Waals surface area contributed by atoms with Crippen LogP contribution in [-0.4, -0.2) is 93.8 Å². The molecule has 0 aromatic carbocycles. The lowest BCUT2D eigenvalue weighted by Gasteiger charge is -2.26. The second kappa shape index (κ2) is 14.6. The number of aliphatic hydroxyl groups is 2. The highest BCUT2D eigenvalue weighted by Crippen LogP contribution is 2.04. The predicted octanol–water partition coefficient (Wildman–Crippen LogP) is -5.46. The summed E-state index contributed by atoms with van der Waals surface area (Å²) in [4.78, 5) is 63.5. The molecule has 0 aliphatic heterocycles. The number of amides is 4. The fraction of sp³-hybridized carbons (Fsp3) is 0.667. The van der Waals surface area contributed by atoms with Gasteiger partial charge >= 0.3 is 5.97 Å². The number of primary amides is 1. The van der Waals surface area contributed by atoms with Gasteiger partial charge in [0.05, 0.1) is 24.7 Å². The molecule has 16 heteroatoms. The molecule has 0 aromatic heterocycles. The summed E-state index contributed by atoms with van der Waals surface area (Å²) in [6, 6.07) is -5.97. The molecule has 0 fully saturated rings. The second-order valence-electron chi connectivity index (χ2n) is 7.58. The maximum Gasteiger partial charge on any atom is 0.328 e. The zero-order valence-corrected chi connectivity index (χ0v) is 18.9. The van der Waals surface area contributed by atoms with Crippen molar-refractivity contribution >= 4 is 35.6 Å². The lowest BCUT2D eigenvalue weighted by atomic mass is 10.1. The van der Waals surface area contributed by atoms with Crippen molar-refractivity contribution in [1.29, 1.82) is 0 Å². The van der Waals surface area contributed by atoms with E-state index in [0.717, 1.165) is 6.92 Å². The maximum absolute atomic E-state index is 12.7. The topological polar surface area (TPSA) is 299 Å². The molecule has 34 heavy (non-hydrogen) atoms. The molecule has 14 N–H and O–H groups in total. The molecule has 194 valence electrons. The van der Waals surface area contributed by atoms with Crippen molar-refractivity contribution in [3.05, 3.63) is 0 Å². The molecule has 0 saturated carbocycles. The monoisotopic (exact) mass is 490 g/mol. The van der Waals surface area contributed by atoms with Crippen molar-refractivity contribution in [2.24, 2.45) is 27.9 Å². The van der Waals surface area contributed by atoms with Crippen molar-refractivity contribution in [3.8, 4) is 0 Å². The van der Waals surface area contributed by atoms with Gasteiger partial charge in [0.15, 0.2) is 12.0 Å². The normalized spacial score (nSPS) is 16.0. The minimum absolute atomic E-state index is 0.0673. The molecule has 0 aromatic rings. The average molecular weight is 491 g/mol. The van der Waals surface area contributed by atoms with E-state index in [4.69, 9.17) is 22.9 Å². The molecule has 0 rings (SSSR count). The number of nitrogens with two attached hydrogens (primary N) is 4. The van der Waals surface area contributed by atoms with E-state index >= 15 is 0 Å². The molecule has 0 aliphatic rings. The van der Waals surface area contributed by atoms with E-state index in [0.29, 0.717) is 0 Å². The number of nitrogens with one attached hydrogen (secondary N) is 3. The summed E-state index contributed by atoms with van der Waals surface area (Å²) in [6.45, 7) is 2.42. The summed E-state index contributed by atoms with van der Waals surface area (Å²) >= 11 is 0. The van der Waals surface area contributed by atoms with Crippen LogP contribution in [-0.2, 0) is 24.0 Å². The van der Waals surface area contributed by atoms with Crippen molar-refractivity contribution in [1.82, 2.24) is 16.0 Å². The molecule has 0 bridgehead atoms. The number of carbonyl (C=O) groups is 5. The number of hydrogen-bond acceptors (Lipinski definition) is 9. The third-order valence-corrected chi connectivity index (χ3v) is 4.44. The van der Waals surface area contributed by atoms with Gasteiger partial charge in [0.1, 0.15) is 12.1 Å². The number of carboxylic acids is 1. The lowest BCUT2D eigenvalue weighted by molar-refractivity contribution is -0.145. The Kier molecular flexibility index (Phi) is 13.1. The van der Waals surface area contributed by atoms with Crippen LogP contribution in [0.4, 0.5) is 0 Å². The number of aliphatic carboxylic acids is 1. The number of carbonyl (C=O) groups excluding carboxylic acids is 4. The maximum atomic E-state index is 12.7. The molecular weight excluding hydrogens is 456 g/mol. The van der Waals surface area contributed by atoms with Crippen LogP contribution in [0.3, 0.4) is 0 Å². The number of aliphatic hydroxyl groups excluding tert-OH is 2. The number of hydrogen-bond donors (Lipinski definition) is 10. The highest BCUT2D eigenvalue weighted by atomic mass is 16.4. The lowest BCUT2D eigenvalue weighted by Crippen LogP contribution is -2.60. The van der Waals surface area contributed by atoms with Crippen molar-refractivity contribution in [3.63, 3.8) is 0 Å². The number of nitrogens with zero attached hydrogens (tertiary/aromatic N) is 1. The molecule has 0 aliphatic carbocycles. The van der Waals surface area contributed by atoms with Gasteiger partial charge in [-0.1, -0.05) is 0 Å². The van der Waals surface area contributed by atoms with Gasteiger partial charge in [-0.2, -0.15) is 0 Å². The first-order valence-corrected chi connectivity index (χ1v) is 10.3. The Balaban J connectivity index is 5.55. The molecular formula is C18H34N8O8. The van der Waals surface area contributed by atoms with Gasteiger partial charge < -0.3 is 54.2 Å². The quantitative estimate of drug-likeness (QED) is 0.0586. The Bertz CT molecular complexity index is 769. The first-order valence-electron chi connectivity index (χ1n) is 10.3. The average Bonchev–Trinajstić information content (AvgIpc) is 2.70. The van der Waals surface area contributed by atoms with E-state index < -0.39 is 72.4 Å². The highest BCUT2D eigenvalue weighted by molar-refractivity contribution is 5.95. The Morgan fingerprint density at radius 1 is 0.853 bits per heavy atom. The van der Waals surface area contributed by atoms with Crippen LogP contribution < -0.4 is 38.9 Å². The smallest absolute Gasteiger partial charge is 0.328 e. The Morgan fingerprint density at radius 2 is 1.38 bits per heavy atom. The molecule has 0 spiro atoms. The van der Waals surface area contributed by atoms with E-state index in [9.17, 15) is 39.3 Å². The Morgan fingerprint density at radius 3 is 1.82 bits per heavy atom. The van der Waals surface area contributed by atoms with Crippen molar-refractivity contribution < 1.29 is 39.3 Å². The number of carboxylic acid groups (broad SMARTS) is 1. The zero-order valence-electron chi connectivity index (χ0n) is 18.9. The zero-order chi connectivity index (χ0) is 26.6. The van der Waals surface area contributed by atoms with Gasteiger partial charge in [-0.3, -0.25) is 24.2 Å². The van der Waals surface area contributed by atoms with Crippen LogP contribution in [0.15, 0.2) is 4.99 Å². The van der Waals surface area contributed by atoms with E-state index in [1.54, 1.807) is 0 Å². The summed E-state index contributed by atoms with van der Waals surface area (Å²) < 4.78 is 0. The van der Waals surface area contributed by atoms with Crippen molar-refractivity contribution in [2.45, 2.75) is 69.5 Å². The molecule has 4 amide bonds. The minimum atomic E-state index is -1.66. The Hall–Kier alpha value is -3.50. The van der Waals surface area contributed by atoms with E-state index in [-0.39, 0.29) is 25.3 Å². The van der Waals surface area contributed by atoms with Gasteiger partial charge in [0, 0.05) is 6.54 Å². The summed E-state index contributed by atoms with van der Waals surface area (Å²) in [7, 11) is 0. The van der Waals surface area contributed by atoms with Crippen LogP contribution in [0, 0.1) is 0 Å². The van der Waals surface area contributed by atoms with Crippen molar-refractivity contribution in [2.75, 3.05) is 6.54 Å². The van der Waals surface area contributed by atoms with Gasteiger partial charge in [-0.25, -0.2) is 4.79 Å². The van der Waals surface area contributed by atoms with Gasteiger partial charge in [-0.05, 0) is 26.7 Å². The number of guanidine groups is 1. The number of rotatable bonds is 15. The summed E-state index contributed by atoms with van der Waals surface area (Å²) in [6.07, 6.45) is -3.29. The first kappa shape index (κ1) is 30.5. The standard InChI is InChI=1S/C18H34N8O8/c1-7(27)12(25-14(30)9(19)6-11(20)29)16(32)24-10(4-3-5-23-18(21)22)15(31)26-13(8(2)28)17(33)34/h7-10,12-13,27-28H,3-6,19H2,1-2H3,(H2,20,29)(H,24,32)(H,25,30)(H,26,31)(H,33,34)(H4,21,22,23). The minimum Gasteiger partial charge on any atom is -0.480 e. The third kappa shape index (κ3) is 11.4.